The van der Waals surface area contributed by atoms with Crippen LogP contribution in [0.3, 0.4) is 0 Å². The molecule has 0 saturated carbocycles. The Morgan fingerprint density at radius 3 is 2.74 bits per heavy atom. The average molecular weight is 496 g/mol. The van der Waals surface area contributed by atoms with Gasteiger partial charge in [0.15, 0.2) is 10.8 Å². The van der Waals surface area contributed by atoms with Crippen molar-refractivity contribution >= 4 is 40.4 Å². The molecule has 35 heavy (non-hydrogen) atoms. The number of allylic oxidation sites excluding steroid dienone is 2. The molecule has 2 N–H and O–H groups in total. The number of ketones is 2. The fourth-order valence-corrected chi connectivity index (χ4v) is 5.11. The minimum absolute atomic E-state index is 0.0186. The predicted octanol–water partition coefficient (Wildman–Crippen LogP) is 2.18. The lowest BCUT2D eigenvalue weighted by Gasteiger charge is -2.22. The molecule has 1 fully saturated rings. The molecule has 1 aliphatic heterocycles. The zero-order valence-corrected chi connectivity index (χ0v) is 20.7. The number of Topliss-reactive ketones (excluding diaryl/α,β-unsaturated/α-hetero) is 1. The molecule has 2 aliphatic rings. The van der Waals surface area contributed by atoms with E-state index in [1.54, 1.807) is 4.90 Å². The fourth-order valence-electron chi connectivity index (χ4n) is 4.22. The van der Waals surface area contributed by atoms with Crippen molar-refractivity contribution in [2.24, 2.45) is 0 Å². The number of nitrogens with one attached hydrogen (secondary N) is 2. The Labute approximate surface area is 208 Å². The SMILES string of the molecule is Cc1ccccc1N(C)CCNC1=CC(=O)c2sc(C(=O)NCCCN3CCCC3=O)nc2C1=O. The summed E-state index contributed by atoms with van der Waals surface area (Å²) in [5.74, 6) is -0.994. The van der Waals surface area contributed by atoms with E-state index in [1.165, 1.54) is 6.08 Å². The van der Waals surface area contributed by atoms with Gasteiger partial charge in [0.1, 0.15) is 10.6 Å². The maximum Gasteiger partial charge on any atom is 0.280 e. The molecular weight excluding hydrogens is 466 g/mol. The van der Waals surface area contributed by atoms with Gasteiger partial charge in [-0.1, -0.05) is 18.2 Å². The normalized spacial score (nSPS) is 15.2. The van der Waals surface area contributed by atoms with Crippen LogP contribution in [0.1, 0.15) is 54.8 Å². The number of aryl methyl sites for hydroxylation is 1. The smallest absolute Gasteiger partial charge is 0.280 e. The Bertz CT molecular complexity index is 1190. The van der Waals surface area contributed by atoms with E-state index in [-0.39, 0.29) is 38.7 Å². The van der Waals surface area contributed by atoms with Crippen LogP contribution < -0.4 is 15.5 Å². The van der Waals surface area contributed by atoms with E-state index >= 15 is 0 Å². The quantitative estimate of drug-likeness (QED) is 0.486. The maximum atomic E-state index is 12.9. The van der Waals surface area contributed by atoms with Crippen LogP contribution in [-0.2, 0) is 4.79 Å². The highest BCUT2D eigenvalue weighted by Gasteiger charge is 2.31. The van der Waals surface area contributed by atoms with Crippen molar-refractivity contribution in [1.29, 1.82) is 0 Å². The zero-order chi connectivity index (χ0) is 24.9. The molecule has 1 saturated heterocycles. The second-order valence-electron chi connectivity index (χ2n) is 8.68. The number of fused-ring (bicyclic) bond motifs is 1. The molecule has 1 aromatic heterocycles. The summed E-state index contributed by atoms with van der Waals surface area (Å²) < 4.78 is 0. The number of likely N-dealkylation sites (N-methyl/N-ethyl adjacent to an activating group) is 1. The monoisotopic (exact) mass is 495 g/mol. The van der Waals surface area contributed by atoms with E-state index in [9.17, 15) is 19.2 Å². The highest BCUT2D eigenvalue weighted by Crippen LogP contribution is 2.26. The number of likely N-dealkylation sites (tertiary alicyclic amines) is 1. The largest absolute Gasteiger partial charge is 0.380 e. The molecule has 2 heterocycles. The summed E-state index contributed by atoms with van der Waals surface area (Å²) in [6, 6.07) is 8.03. The number of nitrogens with zero attached hydrogens (tertiary/aromatic N) is 3. The molecule has 0 radical (unpaired) electrons. The van der Waals surface area contributed by atoms with Gasteiger partial charge in [-0.3, -0.25) is 19.2 Å². The topological polar surface area (TPSA) is 112 Å². The molecule has 2 aromatic rings. The van der Waals surface area contributed by atoms with Crippen molar-refractivity contribution in [2.75, 3.05) is 44.7 Å². The third kappa shape index (κ3) is 5.59. The van der Waals surface area contributed by atoms with Crippen LogP contribution >= 0.6 is 11.3 Å². The fraction of sp³-hybridized carbons (Fsp3) is 0.400. The zero-order valence-electron chi connectivity index (χ0n) is 19.9. The number of benzene rings is 1. The molecular formula is C25H29N5O4S. The number of para-hydroxylation sites is 1. The molecule has 1 aliphatic carbocycles. The predicted molar refractivity (Wildman–Crippen MR) is 134 cm³/mol. The number of amides is 2. The third-order valence-corrected chi connectivity index (χ3v) is 7.20. The van der Waals surface area contributed by atoms with Gasteiger partial charge in [0.2, 0.25) is 11.7 Å². The lowest BCUT2D eigenvalue weighted by molar-refractivity contribution is -0.127. The van der Waals surface area contributed by atoms with Crippen LogP contribution in [0, 0.1) is 6.92 Å². The van der Waals surface area contributed by atoms with Gasteiger partial charge in [-0.25, -0.2) is 4.98 Å². The van der Waals surface area contributed by atoms with Gasteiger partial charge in [-0.05, 0) is 31.4 Å². The summed E-state index contributed by atoms with van der Waals surface area (Å²) in [6.45, 7) is 4.88. The Morgan fingerprint density at radius 1 is 1.20 bits per heavy atom. The van der Waals surface area contributed by atoms with Crippen molar-refractivity contribution in [1.82, 2.24) is 20.5 Å². The lowest BCUT2D eigenvalue weighted by atomic mass is 10.0. The highest BCUT2D eigenvalue weighted by atomic mass is 32.1. The molecule has 184 valence electrons. The van der Waals surface area contributed by atoms with E-state index in [0.29, 0.717) is 39.0 Å². The first-order chi connectivity index (χ1) is 16.8. The van der Waals surface area contributed by atoms with Crippen molar-refractivity contribution < 1.29 is 19.2 Å². The number of carbonyl (C=O) groups excluding carboxylic acids is 4. The van der Waals surface area contributed by atoms with E-state index in [1.807, 2.05) is 38.2 Å². The average Bonchev–Trinajstić information content (AvgIpc) is 3.47. The molecule has 1 aromatic carbocycles. The molecule has 0 bridgehead atoms. The number of hydrogen-bond donors (Lipinski definition) is 2. The number of aromatic nitrogens is 1. The summed E-state index contributed by atoms with van der Waals surface area (Å²) in [7, 11) is 1.97. The molecule has 0 unspecified atom stereocenters. The van der Waals surface area contributed by atoms with Crippen molar-refractivity contribution in [3.05, 3.63) is 57.2 Å². The number of carbonyl (C=O) groups is 4. The van der Waals surface area contributed by atoms with Gasteiger partial charge >= 0.3 is 0 Å². The highest BCUT2D eigenvalue weighted by molar-refractivity contribution is 7.16. The second kappa shape index (κ2) is 10.8. The van der Waals surface area contributed by atoms with Crippen LogP contribution in [0.15, 0.2) is 36.0 Å². The summed E-state index contributed by atoms with van der Waals surface area (Å²) in [4.78, 5) is 57.9. The first-order valence-corrected chi connectivity index (χ1v) is 12.5. The Kier molecular flexibility index (Phi) is 7.60. The van der Waals surface area contributed by atoms with Gasteiger partial charge in [-0.2, -0.15) is 0 Å². The molecule has 9 nitrogen and oxygen atoms in total. The number of thiazole rings is 1. The molecule has 10 heteroatoms. The van der Waals surface area contributed by atoms with Gasteiger partial charge < -0.3 is 20.4 Å². The van der Waals surface area contributed by atoms with E-state index in [0.717, 1.165) is 35.6 Å². The molecule has 0 atom stereocenters. The third-order valence-electron chi connectivity index (χ3n) is 6.13. The standard InChI is InChI=1S/C25H29N5O4S/c1-16-7-3-4-8-18(16)29(2)14-11-26-17-15-19(31)23-21(22(17)33)28-25(35-23)24(34)27-10-6-13-30-12-5-9-20(30)32/h3-4,7-8,15,26H,5-6,9-14H2,1-2H3,(H,27,34). The van der Waals surface area contributed by atoms with Crippen LogP contribution in [0.4, 0.5) is 5.69 Å². The van der Waals surface area contributed by atoms with Gasteiger partial charge in [-0.15, -0.1) is 11.3 Å². The first-order valence-electron chi connectivity index (χ1n) is 11.7. The summed E-state index contributed by atoms with van der Waals surface area (Å²) in [5, 5.41) is 5.91. The van der Waals surface area contributed by atoms with E-state index < -0.39 is 5.91 Å². The molecule has 4 rings (SSSR count). The minimum Gasteiger partial charge on any atom is -0.380 e. The maximum absolute atomic E-state index is 12.9. The van der Waals surface area contributed by atoms with Crippen molar-refractivity contribution in [3.8, 4) is 0 Å². The van der Waals surface area contributed by atoms with E-state index in [4.69, 9.17) is 0 Å². The summed E-state index contributed by atoms with van der Waals surface area (Å²) in [6.07, 6.45) is 3.39. The van der Waals surface area contributed by atoms with E-state index in [2.05, 4.69) is 20.5 Å². The van der Waals surface area contributed by atoms with Crippen molar-refractivity contribution in [2.45, 2.75) is 26.2 Å². The van der Waals surface area contributed by atoms with Gasteiger partial charge in [0, 0.05) is 58.0 Å². The second-order valence-corrected chi connectivity index (χ2v) is 9.68. The number of rotatable bonds is 10. The van der Waals surface area contributed by atoms with Crippen LogP contribution in [-0.4, -0.2) is 73.0 Å². The van der Waals surface area contributed by atoms with Crippen LogP contribution in [0.5, 0.6) is 0 Å². The summed E-state index contributed by atoms with van der Waals surface area (Å²) in [5.41, 5.74) is 2.46. The molecule has 2 amide bonds. The van der Waals surface area contributed by atoms with Gasteiger partial charge in [0.25, 0.3) is 5.91 Å². The van der Waals surface area contributed by atoms with Crippen LogP contribution in [0.2, 0.25) is 0 Å². The van der Waals surface area contributed by atoms with Crippen molar-refractivity contribution in [3.63, 3.8) is 0 Å². The lowest BCUT2D eigenvalue weighted by Crippen LogP contribution is -2.33. The van der Waals surface area contributed by atoms with Crippen LogP contribution in [0.25, 0.3) is 0 Å². The molecule has 0 spiro atoms. The van der Waals surface area contributed by atoms with Gasteiger partial charge in [0.05, 0.1) is 5.70 Å². The Balaban J connectivity index is 1.30. The first kappa shape index (κ1) is 24.6. The Hall–Kier alpha value is -3.53. The number of anilines is 1. The number of hydrogen-bond acceptors (Lipinski definition) is 8. The Morgan fingerprint density at radius 2 is 2.00 bits per heavy atom. The minimum atomic E-state index is -0.424. The summed E-state index contributed by atoms with van der Waals surface area (Å²) >= 11 is 0.930.